The molecule has 0 aromatic heterocycles. The van der Waals surface area contributed by atoms with Crippen molar-refractivity contribution in [2.24, 2.45) is 17.3 Å². The maximum atomic E-state index is 9.82. The maximum absolute atomic E-state index is 9.82. The van der Waals surface area contributed by atoms with Gasteiger partial charge >= 0.3 is 0 Å². The predicted molar refractivity (Wildman–Crippen MR) is 72.0 cm³/mol. The van der Waals surface area contributed by atoms with Crippen LogP contribution in [0, 0.1) is 17.3 Å². The molecule has 2 rings (SSSR count). The molecule has 0 radical (unpaired) electrons. The fourth-order valence-corrected chi connectivity index (χ4v) is 3.53. The van der Waals surface area contributed by atoms with Crippen molar-refractivity contribution >= 4 is 0 Å². The van der Waals surface area contributed by atoms with Crippen molar-refractivity contribution in [1.82, 2.24) is 4.90 Å². The molecule has 0 amide bonds. The van der Waals surface area contributed by atoms with E-state index >= 15 is 0 Å². The average molecular weight is 239 g/mol. The summed E-state index contributed by atoms with van der Waals surface area (Å²) in [6.07, 6.45) is 6.98. The van der Waals surface area contributed by atoms with Crippen LogP contribution >= 0.6 is 0 Å². The van der Waals surface area contributed by atoms with Gasteiger partial charge in [0, 0.05) is 18.5 Å². The Labute approximate surface area is 106 Å². The van der Waals surface area contributed by atoms with E-state index in [-0.39, 0.29) is 11.5 Å². The first-order chi connectivity index (χ1) is 7.99. The third-order valence-corrected chi connectivity index (χ3v) is 5.14. The lowest BCUT2D eigenvalue weighted by atomic mass is 9.74. The largest absolute Gasteiger partial charge is 0.393 e. The summed E-state index contributed by atoms with van der Waals surface area (Å²) in [6, 6.07) is 0. The van der Waals surface area contributed by atoms with Crippen LogP contribution < -0.4 is 0 Å². The number of nitrogens with zero attached hydrogens (tertiary/aromatic N) is 1. The number of aliphatic hydroxyl groups is 1. The van der Waals surface area contributed by atoms with Crippen molar-refractivity contribution in [2.75, 3.05) is 19.6 Å². The SMILES string of the molecule is CC(O)C(C)(C)CN1CCC2CCCCC2C1. The fourth-order valence-electron chi connectivity index (χ4n) is 3.53. The molecular weight excluding hydrogens is 210 g/mol. The van der Waals surface area contributed by atoms with E-state index in [0.717, 1.165) is 18.4 Å². The number of rotatable bonds is 3. The Kier molecular flexibility index (Phi) is 4.14. The summed E-state index contributed by atoms with van der Waals surface area (Å²) in [7, 11) is 0. The summed E-state index contributed by atoms with van der Waals surface area (Å²) in [5.41, 5.74) is 0.0293. The van der Waals surface area contributed by atoms with E-state index in [1.165, 1.54) is 45.2 Å². The van der Waals surface area contributed by atoms with Crippen LogP contribution in [0.1, 0.15) is 52.9 Å². The third kappa shape index (κ3) is 3.23. The summed E-state index contributed by atoms with van der Waals surface area (Å²) in [6.45, 7) is 9.87. The molecule has 1 saturated heterocycles. The molecule has 1 aliphatic carbocycles. The lowest BCUT2D eigenvalue weighted by molar-refractivity contribution is 0.00617. The van der Waals surface area contributed by atoms with Crippen molar-refractivity contribution in [3.8, 4) is 0 Å². The molecule has 1 N–H and O–H groups in total. The molecule has 2 heteroatoms. The van der Waals surface area contributed by atoms with E-state index in [4.69, 9.17) is 0 Å². The first kappa shape index (κ1) is 13.4. The van der Waals surface area contributed by atoms with Gasteiger partial charge in [0.1, 0.15) is 0 Å². The van der Waals surface area contributed by atoms with E-state index < -0.39 is 0 Å². The van der Waals surface area contributed by atoms with Crippen molar-refractivity contribution in [1.29, 1.82) is 0 Å². The normalized spacial score (nSPS) is 33.2. The second-order valence-electron chi connectivity index (χ2n) is 6.99. The molecule has 2 fully saturated rings. The van der Waals surface area contributed by atoms with Gasteiger partial charge in [0.25, 0.3) is 0 Å². The van der Waals surface area contributed by atoms with Crippen LogP contribution in [0.3, 0.4) is 0 Å². The minimum absolute atomic E-state index is 0.0293. The summed E-state index contributed by atoms with van der Waals surface area (Å²) < 4.78 is 0. The zero-order valence-corrected chi connectivity index (χ0v) is 11.8. The van der Waals surface area contributed by atoms with Gasteiger partial charge in [-0.25, -0.2) is 0 Å². The fraction of sp³-hybridized carbons (Fsp3) is 1.00. The highest BCUT2D eigenvalue weighted by Crippen LogP contribution is 2.37. The quantitative estimate of drug-likeness (QED) is 0.818. The Morgan fingerprint density at radius 2 is 1.82 bits per heavy atom. The molecule has 0 aromatic rings. The molecule has 0 bridgehead atoms. The number of likely N-dealkylation sites (tertiary alicyclic amines) is 1. The van der Waals surface area contributed by atoms with Crippen LogP contribution in [0.4, 0.5) is 0 Å². The monoisotopic (exact) mass is 239 g/mol. The summed E-state index contributed by atoms with van der Waals surface area (Å²) >= 11 is 0. The molecule has 0 spiro atoms. The Morgan fingerprint density at radius 3 is 2.47 bits per heavy atom. The van der Waals surface area contributed by atoms with E-state index in [1.54, 1.807) is 0 Å². The van der Waals surface area contributed by atoms with Crippen molar-refractivity contribution < 1.29 is 5.11 Å². The predicted octanol–water partition coefficient (Wildman–Crippen LogP) is 2.91. The molecule has 0 aromatic carbocycles. The Balaban J connectivity index is 1.87. The highest BCUT2D eigenvalue weighted by Gasteiger charge is 2.34. The van der Waals surface area contributed by atoms with Crippen molar-refractivity contribution in [2.45, 2.75) is 59.0 Å². The van der Waals surface area contributed by atoms with Gasteiger partial charge in [-0.2, -0.15) is 0 Å². The third-order valence-electron chi connectivity index (χ3n) is 5.14. The summed E-state index contributed by atoms with van der Waals surface area (Å²) in [5, 5.41) is 9.82. The second kappa shape index (κ2) is 5.27. The minimum atomic E-state index is -0.216. The molecule has 2 nitrogen and oxygen atoms in total. The van der Waals surface area contributed by atoms with Crippen LogP contribution in [0.5, 0.6) is 0 Å². The molecule has 1 saturated carbocycles. The van der Waals surface area contributed by atoms with Gasteiger partial charge in [0.2, 0.25) is 0 Å². The molecule has 1 heterocycles. The first-order valence-corrected chi connectivity index (χ1v) is 7.39. The van der Waals surface area contributed by atoms with Gasteiger partial charge in [0.05, 0.1) is 6.10 Å². The van der Waals surface area contributed by atoms with Gasteiger partial charge < -0.3 is 10.0 Å². The molecule has 3 atom stereocenters. The summed E-state index contributed by atoms with van der Waals surface area (Å²) in [4.78, 5) is 2.60. The maximum Gasteiger partial charge on any atom is 0.0575 e. The number of piperidine rings is 1. The van der Waals surface area contributed by atoms with E-state index in [1.807, 2.05) is 6.92 Å². The van der Waals surface area contributed by atoms with Crippen LogP contribution in [-0.4, -0.2) is 35.7 Å². The van der Waals surface area contributed by atoms with Gasteiger partial charge in [-0.3, -0.25) is 0 Å². The Hall–Kier alpha value is -0.0800. The van der Waals surface area contributed by atoms with Gasteiger partial charge in [-0.05, 0) is 38.1 Å². The number of aliphatic hydroxyl groups excluding tert-OH is 1. The van der Waals surface area contributed by atoms with E-state index in [2.05, 4.69) is 18.7 Å². The molecule has 1 aliphatic heterocycles. The van der Waals surface area contributed by atoms with Gasteiger partial charge in [0.15, 0.2) is 0 Å². The topological polar surface area (TPSA) is 23.5 Å². The Bertz CT molecular complexity index is 249. The van der Waals surface area contributed by atoms with Crippen LogP contribution in [-0.2, 0) is 0 Å². The van der Waals surface area contributed by atoms with Crippen molar-refractivity contribution in [3.63, 3.8) is 0 Å². The zero-order valence-electron chi connectivity index (χ0n) is 11.8. The number of hydrogen-bond donors (Lipinski definition) is 1. The zero-order chi connectivity index (χ0) is 12.5. The standard InChI is InChI=1S/C15H29NO/c1-12(17)15(2,3)11-16-9-8-13-6-4-5-7-14(13)10-16/h12-14,17H,4-11H2,1-3H3. The highest BCUT2D eigenvalue weighted by atomic mass is 16.3. The molecule has 17 heavy (non-hydrogen) atoms. The molecule has 100 valence electrons. The van der Waals surface area contributed by atoms with Crippen LogP contribution in [0.2, 0.25) is 0 Å². The first-order valence-electron chi connectivity index (χ1n) is 7.39. The highest BCUT2D eigenvalue weighted by molar-refractivity contribution is 4.87. The van der Waals surface area contributed by atoms with E-state index in [0.29, 0.717) is 0 Å². The van der Waals surface area contributed by atoms with E-state index in [9.17, 15) is 5.11 Å². The van der Waals surface area contributed by atoms with Crippen LogP contribution in [0.25, 0.3) is 0 Å². The smallest absolute Gasteiger partial charge is 0.0575 e. The Morgan fingerprint density at radius 1 is 1.18 bits per heavy atom. The molecule has 3 unspecified atom stereocenters. The lowest BCUT2D eigenvalue weighted by Gasteiger charge is -2.44. The number of hydrogen-bond acceptors (Lipinski definition) is 2. The lowest BCUT2D eigenvalue weighted by Crippen LogP contribution is -2.47. The molecule has 2 aliphatic rings. The molecular formula is C15H29NO. The van der Waals surface area contributed by atoms with Crippen LogP contribution in [0.15, 0.2) is 0 Å². The second-order valence-corrected chi connectivity index (χ2v) is 6.99. The average Bonchev–Trinajstić information content (AvgIpc) is 2.28. The van der Waals surface area contributed by atoms with Crippen molar-refractivity contribution in [3.05, 3.63) is 0 Å². The minimum Gasteiger partial charge on any atom is -0.393 e. The number of fused-ring (bicyclic) bond motifs is 1. The summed E-state index contributed by atoms with van der Waals surface area (Å²) in [5.74, 6) is 1.96. The van der Waals surface area contributed by atoms with Gasteiger partial charge in [-0.15, -0.1) is 0 Å². The van der Waals surface area contributed by atoms with Gasteiger partial charge in [-0.1, -0.05) is 33.1 Å².